The van der Waals surface area contributed by atoms with E-state index in [1.54, 1.807) is 26.0 Å². The number of nitrogens with two attached hydrogens (primary N) is 1. The highest BCUT2D eigenvalue weighted by atomic mass is 16.7. The number of hydrogen-bond donors (Lipinski definition) is 5. The molecule has 78 heavy (non-hydrogen) atoms. The molecule has 3 saturated heterocycles. The summed E-state index contributed by atoms with van der Waals surface area (Å²) in [4.78, 5) is 64.6. The van der Waals surface area contributed by atoms with Crippen LogP contribution in [-0.2, 0) is 52.3 Å². The topological polar surface area (TPSA) is 256 Å². The minimum atomic E-state index is -1.41. The second-order valence-corrected chi connectivity index (χ2v) is 24.9. The highest BCUT2D eigenvalue weighted by molar-refractivity contribution is 6.52. The number of allylic oxidation sites excluding steroid dienone is 1. The van der Waals surface area contributed by atoms with Gasteiger partial charge in [-0.05, 0) is 108 Å². The second-order valence-electron chi connectivity index (χ2n) is 24.9. The molecule has 2 bridgehead atoms. The van der Waals surface area contributed by atoms with Gasteiger partial charge in [0.2, 0.25) is 0 Å². The van der Waals surface area contributed by atoms with Gasteiger partial charge in [0.1, 0.15) is 12.2 Å². The Morgan fingerprint density at radius 1 is 0.821 bits per heavy atom. The molecule has 1 aromatic rings. The summed E-state index contributed by atoms with van der Waals surface area (Å²) >= 11 is 0. The summed E-state index contributed by atoms with van der Waals surface area (Å²) in [5.74, 6) is -3.11. The number of fused-ring (bicyclic) bond motifs is 6. The van der Waals surface area contributed by atoms with E-state index in [1.807, 2.05) is 71.9 Å². The summed E-state index contributed by atoms with van der Waals surface area (Å²) in [6.07, 6.45) is 8.18. The Balaban J connectivity index is 0.716. The first kappa shape index (κ1) is 55.2. The molecule has 11 rings (SSSR count). The molecule has 0 radical (unpaired) electrons. The molecule has 6 heterocycles. The van der Waals surface area contributed by atoms with Crippen molar-refractivity contribution in [2.45, 2.75) is 211 Å². The monoisotopic (exact) mass is 1080 g/mol. The molecule has 10 aliphatic rings. The lowest BCUT2D eigenvalue weighted by atomic mass is 9.52. The molecule has 18 nitrogen and oxygen atoms in total. The van der Waals surface area contributed by atoms with E-state index in [4.69, 9.17) is 38.9 Å². The molecule has 1 amide bonds. The number of amidine groups is 1. The van der Waals surface area contributed by atoms with Crippen LogP contribution >= 0.6 is 0 Å². The summed E-state index contributed by atoms with van der Waals surface area (Å²) in [5.41, 5.74) is 5.24. The third-order valence-electron chi connectivity index (χ3n) is 19.8. The van der Waals surface area contributed by atoms with E-state index >= 15 is 4.79 Å². The number of aliphatic carboxylic acids is 1. The number of nitrogens with one attached hydrogen (secondary N) is 1. The molecule has 1 aromatic carbocycles. The van der Waals surface area contributed by atoms with Crippen LogP contribution in [0.1, 0.15) is 132 Å². The number of nitrogens with zero attached hydrogens (tertiary/aromatic N) is 2. The standard InChI is InChI=1S/C60H78N4O14/c1-9-33-25-57(6)26-38(55(68)69)29(2)24-60(57)27-39(54(67)64-60)51(66)59(8)34(21-43(33)65)17-18-36-40(59)14-12-16-45(36)76-47-20-19-44(30(3)72-47)75-49-28-58(7,71)52(32(5)74-49)78-48-23-46(50(61)31(4)73-48)77-56(70)42-22-37-35-13-10-11-15-41(35)62-53(37)63-42/h10-11,13,15,17-18,22,26-27,29-34,36,40,43-50,52,65,71H,9,12,14,16,19-21,23-25,28,61H2,1-8H3,(H,64,67)(H,68,69). The van der Waals surface area contributed by atoms with Crippen molar-refractivity contribution in [2.24, 2.45) is 56.1 Å². The van der Waals surface area contributed by atoms with Crippen LogP contribution in [0.5, 0.6) is 0 Å². The number of Topliss-reactive ketones (excluding diaryl/α,β-unsaturated/α-hetero) is 1. The molecule has 21 atom stereocenters. The zero-order valence-corrected chi connectivity index (χ0v) is 46.1. The van der Waals surface area contributed by atoms with E-state index in [1.165, 1.54) is 0 Å². The fourth-order valence-corrected chi connectivity index (χ4v) is 15.3. The fourth-order valence-electron chi connectivity index (χ4n) is 15.3. The molecule has 18 heteroatoms. The summed E-state index contributed by atoms with van der Waals surface area (Å²) in [5, 5.41) is 37.5. The van der Waals surface area contributed by atoms with Crippen LogP contribution in [0.2, 0.25) is 0 Å². The van der Waals surface area contributed by atoms with Crippen LogP contribution in [0.25, 0.3) is 5.57 Å². The van der Waals surface area contributed by atoms with Crippen molar-refractivity contribution in [3.63, 3.8) is 0 Å². The lowest BCUT2D eigenvalue weighted by molar-refractivity contribution is -0.339. The summed E-state index contributed by atoms with van der Waals surface area (Å²) in [7, 11) is 0. The van der Waals surface area contributed by atoms with Crippen molar-refractivity contribution in [2.75, 3.05) is 0 Å². The van der Waals surface area contributed by atoms with Crippen molar-refractivity contribution < 1.29 is 67.7 Å². The molecule has 422 valence electrons. The predicted molar refractivity (Wildman–Crippen MR) is 286 cm³/mol. The Kier molecular flexibility index (Phi) is 14.6. The molecule has 6 aliphatic heterocycles. The third kappa shape index (κ3) is 9.61. The predicted octanol–water partition coefficient (Wildman–Crippen LogP) is 6.72. The van der Waals surface area contributed by atoms with E-state index in [-0.39, 0.29) is 77.3 Å². The van der Waals surface area contributed by atoms with Gasteiger partial charge in [-0.25, -0.2) is 19.6 Å². The Labute approximate surface area is 456 Å². The van der Waals surface area contributed by atoms with Gasteiger partial charge in [-0.2, -0.15) is 0 Å². The van der Waals surface area contributed by atoms with Gasteiger partial charge >= 0.3 is 11.9 Å². The number of aliphatic imine (C=N–C) groups is 2. The van der Waals surface area contributed by atoms with E-state index in [2.05, 4.69) is 27.5 Å². The van der Waals surface area contributed by atoms with Crippen molar-refractivity contribution in [3.8, 4) is 0 Å². The van der Waals surface area contributed by atoms with Crippen molar-refractivity contribution in [3.05, 3.63) is 71.4 Å². The van der Waals surface area contributed by atoms with Crippen molar-refractivity contribution in [1.82, 2.24) is 5.32 Å². The maximum Gasteiger partial charge on any atom is 0.357 e. The highest BCUT2D eigenvalue weighted by Crippen LogP contribution is 2.58. The molecule has 21 unspecified atom stereocenters. The number of carbonyl (C=O) groups excluding carboxylic acids is 3. The number of ketones is 1. The fraction of sp³-hybridized carbons (Fsp3) is 0.667. The number of carboxylic acid groups (broad SMARTS) is 1. The first-order valence-corrected chi connectivity index (χ1v) is 28.5. The van der Waals surface area contributed by atoms with Crippen molar-refractivity contribution >= 4 is 46.4 Å². The SMILES string of the molecule is CCC1CC2(C)C=C(C(=O)O)C(C)CC23C=C(C(=O)N3)C(=O)C2(C)C(C=CC3C(OC4CCC(OC5CC(C)(O)C(OC6CC(OC(=O)C7=NC8=Nc9ccccc9C8=C7)C(N)C(C)O6)C(C)O5)C(C)O4)CCCC32)CC1O. The zero-order chi connectivity index (χ0) is 55.4. The number of para-hydroxylation sites is 1. The van der Waals surface area contributed by atoms with Gasteiger partial charge in [0.05, 0.1) is 65.1 Å². The third-order valence-corrected chi connectivity index (χ3v) is 19.8. The molecule has 0 aromatic heterocycles. The Bertz CT molecular complexity index is 2790. The van der Waals surface area contributed by atoms with E-state index < -0.39 is 101 Å². The average Bonchev–Trinajstić information content (AvgIpc) is 4.27. The van der Waals surface area contributed by atoms with Crippen LogP contribution in [0.3, 0.4) is 0 Å². The van der Waals surface area contributed by atoms with Gasteiger partial charge in [0, 0.05) is 52.7 Å². The first-order valence-electron chi connectivity index (χ1n) is 28.5. The molecule has 4 aliphatic carbocycles. The number of aliphatic hydroxyl groups excluding tert-OH is 1. The molecule has 4 fully saturated rings. The Hall–Kier alpha value is -4.76. The normalized spacial score (nSPS) is 44.9. The van der Waals surface area contributed by atoms with E-state index in [9.17, 15) is 29.7 Å². The number of carboxylic acids is 1. The number of ether oxygens (including phenoxy) is 7. The van der Waals surface area contributed by atoms with E-state index in [0.717, 1.165) is 36.1 Å². The quantitative estimate of drug-likeness (QED) is 0.0926. The molecule has 1 spiro atoms. The van der Waals surface area contributed by atoms with Crippen molar-refractivity contribution in [1.29, 1.82) is 0 Å². The zero-order valence-electron chi connectivity index (χ0n) is 46.1. The lowest BCUT2D eigenvalue weighted by Crippen LogP contribution is -2.60. The number of aliphatic hydroxyl groups is 2. The van der Waals surface area contributed by atoms with Gasteiger partial charge in [-0.1, -0.05) is 77.0 Å². The summed E-state index contributed by atoms with van der Waals surface area (Å²) in [6, 6.07) is 7.01. The van der Waals surface area contributed by atoms with Crippen LogP contribution in [0.4, 0.5) is 5.69 Å². The summed E-state index contributed by atoms with van der Waals surface area (Å²) in [6.45, 7) is 15.1. The number of amides is 1. The van der Waals surface area contributed by atoms with Crippen LogP contribution in [-0.4, -0.2) is 135 Å². The molecule has 6 N–H and O–H groups in total. The second kappa shape index (κ2) is 20.7. The average molecular weight is 1080 g/mol. The maximum atomic E-state index is 15.4. The number of carbonyl (C=O) groups is 4. The van der Waals surface area contributed by atoms with Crippen LogP contribution < -0.4 is 11.1 Å². The van der Waals surface area contributed by atoms with Crippen LogP contribution in [0.15, 0.2) is 75.8 Å². The molecular weight excluding hydrogens is 1000 g/mol. The smallest absolute Gasteiger partial charge is 0.357 e. The number of benzene rings is 1. The number of esters is 1. The summed E-state index contributed by atoms with van der Waals surface area (Å²) < 4.78 is 45.0. The minimum absolute atomic E-state index is 0.0969. The van der Waals surface area contributed by atoms with E-state index in [0.29, 0.717) is 44.4 Å². The van der Waals surface area contributed by atoms with Gasteiger partial charge in [-0.3, -0.25) is 9.59 Å². The van der Waals surface area contributed by atoms with Gasteiger partial charge in [0.15, 0.2) is 36.2 Å². The largest absolute Gasteiger partial charge is 0.478 e. The van der Waals surface area contributed by atoms with Gasteiger partial charge in [-0.15, -0.1) is 0 Å². The lowest BCUT2D eigenvalue weighted by Gasteiger charge is -2.53. The van der Waals surface area contributed by atoms with Gasteiger partial charge in [0.25, 0.3) is 5.91 Å². The highest BCUT2D eigenvalue weighted by Gasteiger charge is 2.61. The number of hydrogen-bond acceptors (Lipinski definition) is 16. The minimum Gasteiger partial charge on any atom is -0.478 e. The molecule has 1 saturated carbocycles. The van der Waals surface area contributed by atoms with Gasteiger partial charge < -0.3 is 59.5 Å². The Morgan fingerprint density at radius 2 is 1.56 bits per heavy atom. The Morgan fingerprint density at radius 3 is 2.31 bits per heavy atom. The number of rotatable bonds is 10. The van der Waals surface area contributed by atoms with Crippen LogP contribution in [0, 0.1) is 40.4 Å². The molecular formula is C60H78N4O14. The maximum absolute atomic E-state index is 15.4. The first-order chi connectivity index (χ1) is 37.0.